The van der Waals surface area contributed by atoms with Gasteiger partial charge in [-0.25, -0.2) is 4.98 Å². The van der Waals surface area contributed by atoms with Gasteiger partial charge in [0.15, 0.2) is 0 Å². The monoisotopic (exact) mass is 286 g/mol. The van der Waals surface area contributed by atoms with Crippen LogP contribution in [0, 0.1) is 18.3 Å². The third-order valence-electron chi connectivity index (χ3n) is 4.02. The summed E-state index contributed by atoms with van der Waals surface area (Å²) in [7, 11) is 0. The van der Waals surface area contributed by atoms with Crippen LogP contribution in [-0.4, -0.2) is 34.4 Å². The molecule has 1 N–H and O–H groups in total. The molecule has 2 rings (SSSR count). The third kappa shape index (κ3) is 3.52. The Morgan fingerprint density at radius 2 is 2.29 bits per heavy atom. The van der Waals surface area contributed by atoms with E-state index < -0.39 is 0 Å². The molecule has 1 aliphatic heterocycles. The van der Waals surface area contributed by atoms with Gasteiger partial charge in [-0.3, -0.25) is 4.79 Å². The van der Waals surface area contributed by atoms with Gasteiger partial charge in [0.05, 0.1) is 0 Å². The Morgan fingerprint density at radius 3 is 2.95 bits per heavy atom. The summed E-state index contributed by atoms with van der Waals surface area (Å²) in [6, 6.07) is 5.67. The van der Waals surface area contributed by atoms with Crippen LogP contribution < -0.4 is 5.32 Å². The minimum Gasteiger partial charge on any atom is -0.359 e. The normalized spacial score (nSPS) is 19.7. The largest absolute Gasteiger partial charge is 0.359 e. The molecule has 2 heterocycles. The molecule has 0 saturated carbocycles. The standard InChI is InChI=1S/C16H22N4O/c1-11-7-8-15(19-14(11)10-17)18-13(3)16(21)20-9-5-4-6-12(20)2/h7-8,12-13H,4-6,9H2,1-3H3,(H,18,19). The molecule has 2 atom stereocenters. The lowest BCUT2D eigenvalue weighted by molar-refractivity contribution is -0.134. The summed E-state index contributed by atoms with van der Waals surface area (Å²) in [6.07, 6.45) is 3.34. The van der Waals surface area contributed by atoms with Crippen molar-refractivity contribution < 1.29 is 4.79 Å². The minimum atomic E-state index is -0.340. The van der Waals surface area contributed by atoms with Gasteiger partial charge in [0.25, 0.3) is 0 Å². The van der Waals surface area contributed by atoms with E-state index in [4.69, 9.17) is 5.26 Å². The van der Waals surface area contributed by atoms with E-state index >= 15 is 0 Å². The number of nitrogens with zero attached hydrogens (tertiary/aromatic N) is 3. The number of hydrogen-bond acceptors (Lipinski definition) is 4. The molecule has 1 aliphatic rings. The highest BCUT2D eigenvalue weighted by atomic mass is 16.2. The van der Waals surface area contributed by atoms with Gasteiger partial charge in [0.1, 0.15) is 23.6 Å². The molecule has 5 heteroatoms. The first-order valence-electron chi connectivity index (χ1n) is 7.47. The lowest BCUT2D eigenvalue weighted by Gasteiger charge is -2.35. The molecule has 1 saturated heterocycles. The summed E-state index contributed by atoms with van der Waals surface area (Å²) in [5.74, 6) is 0.672. The van der Waals surface area contributed by atoms with E-state index in [2.05, 4.69) is 23.3 Å². The Labute approximate surface area is 126 Å². The molecular formula is C16H22N4O. The van der Waals surface area contributed by atoms with Gasteiger partial charge < -0.3 is 10.2 Å². The van der Waals surface area contributed by atoms with Crippen LogP contribution in [0.5, 0.6) is 0 Å². The summed E-state index contributed by atoms with van der Waals surface area (Å²) in [4.78, 5) is 18.7. The Hall–Kier alpha value is -2.09. The number of carbonyl (C=O) groups excluding carboxylic acids is 1. The number of anilines is 1. The Bertz CT molecular complexity index is 564. The zero-order valence-corrected chi connectivity index (χ0v) is 12.9. The number of nitrogens with one attached hydrogen (secondary N) is 1. The molecule has 0 spiro atoms. The zero-order valence-electron chi connectivity index (χ0n) is 12.9. The Morgan fingerprint density at radius 1 is 1.52 bits per heavy atom. The first-order chi connectivity index (χ1) is 10.0. The molecule has 2 unspecified atom stereocenters. The first kappa shape index (κ1) is 15.3. The van der Waals surface area contributed by atoms with E-state index in [1.807, 2.05) is 24.8 Å². The molecule has 0 aromatic carbocycles. The first-order valence-corrected chi connectivity index (χ1v) is 7.47. The number of aromatic nitrogens is 1. The van der Waals surface area contributed by atoms with Crippen LogP contribution in [0.15, 0.2) is 12.1 Å². The maximum atomic E-state index is 12.5. The molecule has 1 aromatic rings. The van der Waals surface area contributed by atoms with Crippen molar-refractivity contribution >= 4 is 11.7 Å². The molecular weight excluding hydrogens is 264 g/mol. The minimum absolute atomic E-state index is 0.100. The summed E-state index contributed by atoms with van der Waals surface area (Å²) < 4.78 is 0. The molecule has 1 amide bonds. The van der Waals surface area contributed by atoms with Gasteiger partial charge in [0, 0.05) is 12.6 Å². The van der Waals surface area contributed by atoms with E-state index in [1.54, 1.807) is 6.07 Å². The van der Waals surface area contributed by atoms with E-state index in [0.29, 0.717) is 17.6 Å². The highest BCUT2D eigenvalue weighted by Crippen LogP contribution is 2.18. The fraction of sp³-hybridized carbons (Fsp3) is 0.562. The number of aryl methyl sites for hydroxylation is 1. The Balaban J connectivity index is 2.05. The number of hydrogen-bond donors (Lipinski definition) is 1. The second kappa shape index (κ2) is 6.57. The van der Waals surface area contributed by atoms with Gasteiger partial charge in [-0.05, 0) is 51.7 Å². The number of carbonyl (C=O) groups is 1. The van der Waals surface area contributed by atoms with Crippen molar-refractivity contribution in [2.24, 2.45) is 0 Å². The van der Waals surface area contributed by atoms with Crippen molar-refractivity contribution in [2.75, 3.05) is 11.9 Å². The quantitative estimate of drug-likeness (QED) is 0.926. The lowest BCUT2D eigenvalue weighted by atomic mass is 10.0. The molecule has 112 valence electrons. The van der Waals surface area contributed by atoms with Crippen LogP contribution in [0.25, 0.3) is 0 Å². The van der Waals surface area contributed by atoms with Crippen molar-refractivity contribution in [3.05, 3.63) is 23.4 Å². The second-order valence-corrected chi connectivity index (χ2v) is 5.72. The number of rotatable bonds is 3. The third-order valence-corrected chi connectivity index (χ3v) is 4.02. The summed E-state index contributed by atoms with van der Waals surface area (Å²) in [6.45, 7) is 6.62. The van der Waals surface area contributed by atoms with Crippen LogP contribution in [0.1, 0.15) is 44.4 Å². The van der Waals surface area contributed by atoms with E-state index in [1.165, 1.54) is 6.42 Å². The summed E-state index contributed by atoms with van der Waals surface area (Å²) >= 11 is 0. The summed E-state index contributed by atoms with van der Waals surface area (Å²) in [5.41, 5.74) is 1.23. The average Bonchev–Trinajstić information content (AvgIpc) is 2.49. The fourth-order valence-corrected chi connectivity index (χ4v) is 2.68. The van der Waals surface area contributed by atoms with Crippen molar-refractivity contribution in [3.8, 4) is 6.07 Å². The van der Waals surface area contributed by atoms with Gasteiger partial charge in [-0.2, -0.15) is 5.26 Å². The number of likely N-dealkylation sites (tertiary alicyclic amines) is 1. The van der Waals surface area contributed by atoms with Crippen LogP contribution in [0.2, 0.25) is 0 Å². The molecule has 1 fully saturated rings. The number of pyridine rings is 1. The maximum absolute atomic E-state index is 12.5. The number of amides is 1. The Kier molecular flexibility index (Phi) is 4.79. The van der Waals surface area contributed by atoms with Gasteiger partial charge in [0.2, 0.25) is 5.91 Å². The van der Waals surface area contributed by atoms with E-state index in [9.17, 15) is 4.79 Å². The number of piperidine rings is 1. The van der Waals surface area contributed by atoms with Crippen LogP contribution >= 0.6 is 0 Å². The summed E-state index contributed by atoms with van der Waals surface area (Å²) in [5, 5.41) is 12.1. The predicted molar refractivity (Wildman–Crippen MR) is 81.8 cm³/mol. The molecule has 21 heavy (non-hydrogen) atoms. The lowest BCUT2D eigenvalue weighted by Crippen LogP contribution is -2.48. The number of nitriles is 1. The SMILES string of the molecule is Cc1ccc(NC(C)C(=O)N2CCCCC2C)nc1C#N. The maximum Gasteiger partial charge on any atom is 0.245 e. The highest BCUT2D eigenvalue weighted by molar-refractivity contribution is 5.84. The average molecular weight is 286 g/mol. The van der Waals surface area contributed by atoms with Gasteiger partial charge >= 0.3 is 0 Å². The van der Waals surface area contributed by atoms with Crippen LogP contribution in [0.3, 0.4) is 0 Å². The molecule has 5 nitrogen and oxygen atoms in total. The van der Waals surface area contributed by atoms with Crippen molar-refractivity contribution in [2.45, 2.75) is 52.1 Å². The van der Waals surface area contributed by atoms with Crippen molar-refractivity contribution in [3.63, 3.8) is 0 Å². The predicted octanol–water partition coefficient (Wildman–Crippen LogP) is 2.46. The molecule has 0 bridgehead atoms. The van der Waals surface area contributed by atoms with Gasteiger partial charge in [-0.15, -0.1) is 0 Å². The molecule has 0 radical (unpaired) electrons. The van der Waals surface area contributed by atoms with E-state index in [0.717, 1.165) is 24.9 Å². The molecule has 1 aromatic heterocycles. The van der Waals surface area contributed by atoms with Crippen LogP contribution in [0.4, 0.5) is 5.82 Å². The zero-order chi connectivity index (χ0) is 15.4. The van der Waals surface area contributed by atoms with Crippen LogP contribution in [-0.2, 0) is 4.79 Å². The highest BCUT2D eigenvalue weighted by Gasteiger charge is 2.27. The van der Waals surface area contributed by atoms with Crippen molar-refractivity contribution in [1.29, 1.82) is 5.26 Å². The van der Waals surface area contributed by atoms with Crippen molar-refractivity contribution in [1.82, 2.24) is 9.88 Å². The van der Waals surface area contributed by atoms with E-state index in [-0.39, 0.29) is 11.9 Å². The topological polar surface area (TPSA) is 69.0 Å². The molecule has 0 aliphatic carbocycles. The van der Waals surface area contributed by atoms with Gasteiger partial charge in [-0.1, -0.05) is 6.07 Å². The smallest absolute Gasteiger partial charge is 0.245 e. The second-order valence-electron chi connectivity index (χ2n) is 5.72. The fourth-order valence-electron chi connectivity index (χ4n) is 2.68.